The Kier molecular flexibility index (Phi) is 4.94. The highest BCUT2D eigenvalue weighted by Gasteiger charge is 2.26. The monoisotopic (exact) mass is 311 g/mol. The zero-order valence-corrected chi connectivity index (χ0v) is 12.9. The molecule has 0 aliphatic rings. The maximum absolute atomic E-state index is 11.8. The van der Waals surface area contributed by atoms with Gasteiger partial charge in [-0.05, 0) is 30.9 Å². The molecule has 0 aliphatic carbocycles. The van der Waals surface area contributed by atoms with Crippen LogP contribution in [0.1, 0.15) is 6.92 Å². The van der Waals surface area contributed by atoms with Crippen molar-refractivity contribution in [3.05, 3.63) is 47.2 Å². The van der Waals surface area contributed by atoms with Gasteiger partial charge >= 0.3 is 5.97 Å². The molecular formula is C14H15ClNO3P. The van der Waals surface area contributed by atoms with E-state index in [1.54, 1.807) is 13.0 Å². The summed E-state index contributed by atoms with van der Waals surface area (Å²) in [6, 6.07) is 10.5. The number of ether oxygens (including phenoxy) is 1. The second kappa shape index (κ2) is 6.69. The van der Waals surface area contributed by atoms with E-state index in [0.717, 1.165) is 5.42 Å². The highest BCUT2D eigenvalue weighted by Crippen LogP contribution is 2.37. The zero-order chi connectivity index (χ0) is 14.5. The molecule has 2 rings (SSSR count). The predicted octanol–water partition coefficient (Wildman–Crippen LogP) is 3.73. The summed E-state index contributed by atoms with van der Waals surface area (Å²) in [5.41, 5.74) is 0.772. The number of carbonyl (C=O) groups is 1. The zero-order valence-electron chi connectivity index (χ0n) is 11.2. The van der Waals surface area contributed by atoms with E-state index in [9.17, 15) is 4.79 Å². The van der Waals surface area contributed by atoms with Crippen LogP contribution in [-0.2, 0) is 9.53 Å². The van der Waals surface area contributed by atoms with E-state index in [-0.39, 0.29) is 5.97 Å². The molecule has 106 valence electrons. The van der Waals surface area contributed by atoms with E-state index >= 15 is 0 Å². The number of methoxy groups -OCH3 is 1. The lowest BCUT2D eigenvalue weighted by atomic mass is 10.3. The highest BCUT2D eigenvalue weighted by atomic mass is 35.5. The normalized spacial score (nSPS) is 12.2. The van der Waals surface area contributed by atoms with E-state index in [1.807, 2.05) is 36.1 Å². The number of nitrogens with zero attached hydrogens (tertiary/aromatic N) is 1. The van der Waals surface area contributed by atoms with Gasteiger partial charge in [0.2, 0.25) is 0 Å². The molecule has 0 amide bonds. The van der Waals surface area contributed by atoms with Crippen LogP contribution in [0.4, 0.5) is 5.42 Å². The van der Waals surface area contributed by atoms with Crippen LogP contribution in [0.15, 0.2) is 42.2 Å². The van der Waals surface area contributed by atoms with Crippen LogP contribution >= 0.6 is 19.8 Å². The van der Waals surface area contributed by atoms with Crippen molar-refractivity contribution in [2.75, 3.05) is 12.2 Å². The number of benzene rings is 1. The Morgan fingerprint density at radius 2 is 2.00 bits per heavy atom. The first-order valence-electron chi connectivity index (χ1n) is 6.06. The Bertz CT molecular complexity index is 573. The first kappa shape index (κ1) is 14.8. The molecule has 1 unspecified atom stereocenters. The topological polar surface area (TPSA) is 38.8 Å². The maximum atomic E-state index is 11.8. The Balaban J connectivity index is 2.30. The quantitative estimate of drug-likeness (QED) is 0.623. The molecule has 4 nitrogen and oxygen atoms in total. The summed E-state index contributed by atoms with van der Waals surface area (Å²) < 4.78 is 4.78. The molecule has 0 spiro atoms. The molecule has 2 aromatic rings. The number of esters is 1. The van der Waals surface area contributed by atoms with Gasteiger partial charge in [0, 0.05) is 0 Å². The summed E-state index contributed by atoms with van der Waals surface area (Å²) in [5, 5.41) is 2.09. The Morgan fingerprint density at radius 1 is 1.30 bits per heavy atom. The Morgan fingerprint density at radius 3 is 2.55 bits per heavy atom. The van der Waals surface area contributed by atoms with Crippen molar-refractivity contribution >= 4 is 31.2 Å². The number of rotatable bonds is 5. The minimum absolute atomic E-state index is 0.359. The van der Waals surface area contributed by atoms with Crippen molar-refractivity contribution in [2.45, 2.75) is 13.0 Å². The number of carbonyl (C=O) groups excluding carboxylic acids is 1. The molecule has 6 heteroatoms. The lowest BCUT2D eigenvalue weighted by Crippen LogP contribution is -2.41. The van der Waals surface area contributed by atoms with Gasteiger partial charge in [-0.2, -0.15) is 5.06 Å². The van der Waals surface area contributed by atoms with E-state index in [1.165, 1.54) is 12.2 Å². The van der Waals surface area contributed by atoms with Gasteiger partial charge < -0.3 is 9.57 Å². The van der Waals surface area contributed by atoms with Crippen LogP contribution in [0.5, 0.6) is 5.75 Å². The van der Waals surface area contributed by atoms with Gasteiger partial charge in [-0.3, -0.25) is 0 Å². The molecule has 0 saturated carbocycles. The number of hydroxylamine groups is 1. The lowest BCUT2D eigenvalue weighted by Gasteiger charge is -2.28. The van der Waals surface area contributed by atoms with Crippen molar-refractivity contribution < 1.29 is 14.4 Å². The molecule has 0 N–H and O–H groups in total. The van der Waals surface area contributed by atoms with Crippen molar-refractivity contribution in [3.8, 4) is 5.75 Å². The van der Waals surface area contributed by atoms with E-state index in [2.05, 4.69) is 0 Å². The third-order valence-electron chi connectivity index (χ3n) is 2.74. The van der Waals surface area contributed by atoms with Gasteiger partial charge in [-0.15, -0.1) is 8.19 Å². The van der Waals surface area contributed by atoms with Crippen molar-refractivity contribution in [1.29, 1.82) is 0 Å². The van der Waals surface area contributed by atoms with Gasteiger partial charge in [0.05, 0.1) is 12.1 Å². The highest BCUT2D eigenvalue weighted by molar-refractivity contribution is 7.34. The average Bonchev–Trinajstić information content (AvgIpc) is 2.90. The SMILES string of the molecule is COC(=O)[C@H](C)N(Oc1ccccc1)c1[pH]ccc1Cl. The number of halogens is 1. The fourth-order valence-corrected chi connectivity index (χ4v) is 3.10. The molecule has 20 heavy (non-hydrogen) atoms. The van der Waals surface area contributed by atoms with Crippen LogP contribution in [0.2, 0.25) is 5.02 Å². The molecule has 2 atom stereocenters. The van der Waals surface area contributed by atoms with Crippen molar-refractivity contribution in [1.82, 2.24) is 0 Å². The number of anilines is 1. The van der Waals surface area contributed by atoms with E-state index < -0.39 is 6.04 Å². The van der Waals surface area contributed by atoms with E-state index in [4.69, 9.17) is 21.2 Å². The Hall–Kier alpha value is -1.64. The summed E-state index contributed by atoms with van der Waals surface area (Å²) in [6.45, 7) is 1.72. The third kappa shape index (κ3) is 3.27. The Labute approximate surface area is 124 Å². The smallest absolute Gasteiger partial charge is 0.331 e. The molecular weight excluding hydrogens is 297 g/mol. The predicted molar refractivity (Wildman–Crippen MR) is 82.0 cm³/mol. The van der Waals surface area contributed by atoms with Crippen LogP contribution in [0.3, 0.4) is 0 Å². The van der Waals surface area contributed by atoms with Crippen LogP contribution in [-0.4, -0.2) is 19.1 Å². The van der Waals surface area contributed by atoms with Gasteiger partial charge in [0.25, 0.3) is 0 Å². The van der Waals surface area contributed by atoms with Crippen LogP contribution < -0.4 is 9.90 Å². The standard InChI is InChI=1S/C14H15ClNO3P/c1-10(14(17)18-2)16(13-12(15)8-9-20-13)19-11-6-4-3-5-7-11/h3-10,20H,1-2H3/t10-/m0/s1. The summed E-state index contributed by atoms with van der Waals surface area (Å²) in [4.78, 5) is 17.6. The second-order valence-corrected chi connectivity index (χ2v) is 5.61. The lowest BCUT2D eigenvalue weighted by molar-refractivity contribution is -0.143. The largest absolute Gasteiger partial charge is 0.467 e. The van der Waals surface area contributed by atoms with Crippen molar-refractivity contribution in [2.24, 2.45) is 0 Å². The molecule has 0 radical (unpaired) electrons. The molecule has 1 aromatic carbocycles. The number of para-hydroxylation sites is 1. The number of hydrogen-bond donors (Lipinski definition) is 0. The molecule has 0 fully saturated rings. The average molecular weight is 312 g/mol. The van der Waals surface area contributed by atoms with Crippen molar-refractivity contribution in [3.63, 3.8) is 0 Å². The molecule has 0 bridgehead atoms. The summed E-state index contributed by atoms with van der Waals surface area (Å²) in [7, 11) is 1.71. The van der Waals surface area contributed by atoms with Gasteiger partial charge in [-0.25, -0.2) is 4.79 Å². The molecule has 0 saturated heterocycles. The van der Waals surface area contributed by atoms with Gasteiger partial charge in [0.1, 0.15) is 5.42 Å². The van der Waals surface area contributed by atoms with Gasteiger partial charge in [0.15, 0.2) is 11.8 Å². The summed E-state index contributed by atoms with van der Waals surface area (Å²) >= 11 is 6.16. The fraction of sp³-hybridized carbons (Fsp3) is 0.214. The van der Waals surface area contributed by atoms with Crippen LogP contribution in [0, 0.1) is 0 Å². The molecule has 1 heterocycles. The third-order valence-corrected chi connectivity index (χ3v) is 4.30. The first-order chi connectivity index (χ1) is 9.63. The summed E-state index contributed by atoms with van der Waals surface area (Å²) in [5.74, 6) is 2.20. The minimum atomic E-state index is -0.587. The minimum Gasteiger partial charge on any atom is -0.467 e. The molecule has 1 aromatic heterocycles. The fourth-order valence-electron chi connectivity index (χ4n) is 1.69. The maximum Gasteiger partial charge on any atom is 0.331 e. The van der Waals surface area contributed by atoms with Crippen LogP contribution in [0.25, 0.3) is 0 Å². The van der Waals surface area contributed by atoms with E-state index in [0.29, 0.717) is 19.0 Å². The second-order valence-electron chi connectivity index (χ2n) is 4.10. The summed E-state index contributed by atoms with van der Waals surface area (Å²) in [6.07, 6.45) is 0. The molecule has 0 aliphatic heterocycles. The van der Waals surface area contributed by atoms with Gasteiger partial charge in [-0.1, -0.05) is 29.8 Å². The first-order valence-corrected chi connectivity index (χ1v) is 7.52. The number of hydrogen-bond acceptors (Lipinski definition) is 4.